The van der Waals surface area contributed by atoms with Crippen LogP contribution < -0.4 is 10.5 Å². The van der Waals surface area contributed by atoms with Crippen LogP contribution in [0.25, 0.3) is 11.3 Å². The number of nitrogens with two attached hydrogens (primary N) is 1. The van der Waals surface area contributed by atoms with E-state index in [4.69, 9.17) is 10.5 Å². The first kappa shape index (κ1) is 13.4. The minimum Gasteiger partial charge on any atom is -0.489 e. The number of thioether (sulfide) groups is 1. The molecular formula is C15H19N3OS. The minimum absolute atomic E-state index is 0.302. The second-order valence-corrected chi connectivity index (χ2v) is 6.18. The highest BCUT2D eigenvalue weighted by molar-refractivity contribution is 7.99. The van der Waals surface area contributed by atoms with Gasteiger partial charge in [-0.05, 0) is 30.7 Å². The molecule has 2 N–H and O–H groups in total. The number of rotatable bonds is 3. The molecule has 1 aliphatic rings. The second kappa shape index (κ2) is 5.79. The summed E-state index contributed by atoms with van der Waals surface area (Å²) in [7, 11) is 1.85. The average molecular weight is 289 g/mol. The van der Waals surface area contributed by atoms with E-state index in [-0.39, 0.29) is 0 Å². The van der Waals surface area contributed by atoms with Gasteiger partial charge in [0.25, 0.3) is 0 Å². The van der Waals surface area contributed by atoms with Crippen LogP contribution in [0.3, 0.4) is 0 Å². The second-order valence-electron chi connectivity index (χ2n) is 5.03. The zero-order valence-electron chi connectivity index (χ0n) is 11.6. The third-order valence-electron chi connectivity index (χ3n) is 3.49. The van der Waals surface area contributed by atoms with Crippen molar-refractivity contribution in [1.29, 1.82) is 0 Å². The van der Waals surface area contributed by atoms with Crippen LogP contribution in [0.1, 0.15) is 12.8 Å². The first-order chi connectivity index (χ1) is 9.74. The Morgan fingerprint density at radius 1 is 1.40 bits per heavy atom. The summed E-state index contributed by atoms with van der Waals surface area (Å²) in [6.45, 7) is 0. The Balaban J connectivity index is 1.87. The fourth-order valence-electron chi connectivity index (χ4n) is 2.38. The van der Waals surface area contributed by atoms with E-state index >= 15 is 0 Å². The van der Waals surface area contributed by atoms with Crippen LogP contribution in [0, 0.1) is 0 Å². The fraction of sp³-hybridized carbons (Fsp3) is 0.400. The van der Waals surface area contributed by atoms with Crippen LogP contribution in [0.2, 0.25) is 0 Å². The van der Waals surface area contributed by atoms with Gasteiger partial charge >= 0.3 is 0 Å². The summed E-state index contributed by atoms with van der Waals surface area (Å²) < 4.78 is 7.86. The maximum absolute atomic E-state index is 6.18. The molecule has 0 radical (unpaired) electrons. The summed E-state index contributed by atoms with van der Waals surface area (Å²) in [6.07, 6.45) is 2.66. The predicted octanol–water partition coefficient (Wildman–Crippen LogP) is 2.94. The SMILES string of the molecule is Cn1nc(-c2ccccc2OC2CCCSC2)cc1N. The summed E-state index contributed by atoms with van der Waals surface area (Å²) in [6, 6.07) is 9.94. The van der Waals surface area contributed by atoms with Crippen LogP contribution in [-0.4, -0.2) is 27.4 Å². The number of hydrogen-bond acceptors (Lipinski definition) is 4. The Labute approximate surface area is 123 Å². The smallest absolute Gasteiger partial charge is 0.129 e. The fourth-order valence-corrected chi connectivity index (χ4v) is 3.41. The van der Waals surface area contributed by atoms with Crippen molar-refractivity contribution in [3.63, 3.8) is 0 Å². The number of aromatic nitrogens is 2. The normalized spacial score (nSPS) is 18.9. The van der Waals surface area contributed by atoms with E-state index in [1.165, 1.54) is 12.2 Å². The molecule has 2 heterocycles. The molecule has 0 bridgehead atoms. The maximum atomic E-state index is 6.18. The summed E-state index contributed by atoms with van der Waals surface area (Å²) in [5.41, 5.74) is 7.74. The van der Waals surface area contributed by atoms with E-state index < -0.39 is 0 Å². The standard InChI is InChI=1S/C15H19N3OS/c1-18-15(16)9-13(17-18)12-6-2-3-7-14(12)19-11-5-4-8-20-10-11/h2-3,6-7,9,11H,4-5,8,10,16H2,1H3. The summed E-state index contributed by atoms with van der Waals surface area (Å²) in [4.78, 5) is 0. The van der Waals surface area contributed by atoms with Gasteiger partial charge < -0.3 is 10.5 Å². The summed E-state index contributed by atoms with van der Waals surface area (Å²) in [5.74, 6) is 3.87. The van der Waals surface area contributed by atoms with Gasteiger partial charge in [-0.3, -0.25) is 4.68 Å². The molecule has 0 aliphatic carbocycles. The van der Waals surface area contributed by atoms with Gasteiger partial charge in [-0.1, -0.05) is 12.1 Å². The van der Waals surface area contributed by atoms with Gasteiger partial charge in [0.1, 0.15) is 17.7 Å². The Morgan fingerprint density at radius 2 is 2.25 bits per heavy atom. The molecule has 5 heteroatoms. The Morgan fingerprint density at radius 3 is 2.95 bits per heavy atom. The number of para-hydroxylation sites is 1. The molecule has 1 aliphatic heterocycles. The zero-order chi connectivity index (χ0) is 13.9. The Hall–Kier alpha value is -1.62. The topological polar surface area (TPSA) is 53.1 Å². The van der Waals surface area contributed by atoms with Crippen molar-refractivity contribution < 1.29 is 4.74 Å². The molecular weight excluding hydrogens is 270 g/mol. The van der Waals surface area contributed by atoms with E-state index in [9.17, 15) is 0 Å². The molecule has 0 saturated carbocycles. The summed E-state index contributed by atoms with van der Waals surface area (Å²) in [5, 5.41) is 4.44. The van der Waals surface area contributed by atoms with Crippen molar-refractivity contribution in [2.45, 2.75) is 18.9 Å². The molecule has 1 unspecified atom stereocenters. The molecule has 0 spiro atoms. The highest BCUT2D eigenvalue weighted by Gasteiger charge is 2.18. The first-order valence-electron chi connectivity index (χ1n) is 6.87. The van der Waals surface area contributed by atoms with Gasteiger partial charge in [0, 0.05) is 24.4 Å². The first-order valence-corrected chi connectivity index (χ1v) is 8.03. The predicted molar refractivity (Wildman–Crippen MR) is 84.0 cm³/mol. The largest absolute Gasteiger partial charge is 0.489 e. The number of ether oxygens (including phenoxy) is 1. The number of benzene rings is 1. The van der Waals surface area contributed by atoms with E-state index in [0.29, 0.717) is 11.9 Å². The number of nitrogens with zero attached hydrogens (tertiary/aromatic N) is 2. The van der Waals surface area contributed by atoms with E-state index in [1.807, 2.05) is 49.1 Å². The lowest BCUT2D eigenvalue weighted by Gasteiger charge is -2.23. The number of aryl methyl sites for hydroxylation is 1. The number of anilines is 1. The molecule has 1 saturated heterocycles. The third-order valence-corrected chi connectivity index (χ3v) is 4.68. The van der Waals surface area contributed by atoms with Gasteiger partial charge in [-0.25, -0.2) is 0 Å². The average Bonchev–Trinajstić information content (AvgIpc) is 2.80. The lowest BCUT2D eigenvalue weighted by molar-refractivity contribution is 0.212. The molecule has 1 atom stereocenters. The quantitative estimate of drug-likeness (QED) is 0.944. The van der Waals surface area contributed by atoms with Gasteiger partial charge in [-0.15, -0.1) is 0 Å². The van der Waals surface area contributed by atoms with Crippen molar-refractivity contribution in [3.8, 4) is 17.0 Å². The molecule has 0 amide bonds. The maximum Gasteiger partial charge on any atom is 0.129 e. The molecule has 3 rings (SSSR count). The Bertz CT molecular complexity index is 571. The number of hydrogen-bond donors (Lipinski definition) is 1. The van der Waals surface area contributed by atoms with Gasteiger partial charge in [0.15, 0.2) is 0 Å². The van der Waals surface area contributed by atoms with Crippen LogP contribution >= 0.6 is 11.8 Å². The molecule has 1 fully saturated rings. The molecule has 2 aromatic rings. The van der Waals surface area contributed by atoms with Crippen molar-refractivity contribution >= 4 is 17.6 Å². The molecule has 20 heavy (non-hydrogen) atoms. The Kier molecular flexibility index (Phi) is 3.87. The van der Waals surface area contributed by atoms with E-state index in [2.05, 4.69) is 5.10 Å². The van der Waals surface area contributed by atoms with Crippen LogP contribution in [0.5, 0.6) is 5.75 Å². The monoisotopic (exact) mass is 289 g/mol. The molecule has 1 aromatic heterocycles. The van der Waals surface area contributed by atoms with Crippen LogP contribution in [0.4, 0.5) is 5.82 Å². The van der Waals surface area contributed by atoms with E-state index in [1.54, 1.807) is 4.68 Å². The molecule has 106 valence electrons. The highest BCUT2D eigenvalue weighted by Crippen LogP contribution is 2.32. The summed E-state index contributed by atoms with van der Waals surface area (Å²) >= 11 is 1.97. The van der Waals surface area contributed by atoms with Gasteiger partial charge in [-0.2, -0.15) is 16.9 Å². The van der Waals surface area contributed by atoms with Crippen LogP contribution in [0.15, 0.2) is 30.3 Å². The third kappa shape index (κ3) is 2.77. The van der Waals surface area contributed by atoms with Crippen molar-refractivity contribution in [1.82, 2.24) is 9.78 Å². The van der Waals surface area contributed by atoms with Crippen molar-refractivity contribution in [2.24, 2.45) is 7.05 Å². The molecule has 1 aromatic carbocycles. The lowest BCUT2D eigenvalue weighted by atomic mass is 10.1. The van der Waals surface area contributed by atoms with E-state index in [0.717, 1.165) is 29.2 Å². The van der Waals surface area contributed by atoms with Crippen molar-refractivity contribution in [3.05, 3.63) is 30.3 Å². The van der Waals surface area contributed by atoms with Gasteiger partial charge in [0.05, 0.1) is 5.69 Å². The van der Waals surface area contributed by atoms with Gasteiger partial charge in [0.2, 0.25) is 0 Å². The highest BCUT2D eigenvalue weighted by atomic mass is 32.2. The zero-order valence-corrected chi connectivity index (χ0v) is 12.4. The van der Waals surface area contributed by atoms with Crippen molar-refractivity contribution in [2.75, 3.05) is 17.2 Å². The lowest BCUT2D eigenvalue weighted by Crippen LogP contribution is -2.23. The minimum atomic E-state index is 0.302. The van der Waals surface area contributed by atoms with Crippen LogP contribution in [-0.2, 0) is 7.05 Å². The molecule has 4 nitrogen and oxygen atoms in total. The number of nitrogen functional groups attached to an aromatic ring is 1.